The lowest BCUT2D eigenvalue weighted by molar-refractivity contribution is 0.101. The van der Waals surface area contributed by atoms with Gasteiger partial charge in [0, 0.05) is 11.3 Å². The zero-order valence-electron chi connectivity index (χ0n) is 13.2. The lowest BCUT2D eigenvalue weighted by Gasteiger charge is -2.09. The lowest BCUT2D eigenvalue weighted by atomic mass is 10.2. The number of benzene rings is 2. The van der Waals surface area contributed by atoms with Crippen LogP contribution in [0.4, 0.5) is 5.69 Å². The monoisotopic (exact) mass is 367 g/mol. The van der Waals surface area contributed by atoms with Crippen molar-refractivity contribution in [2.45, 2.75) is 23.6 Å². The van der Waals surface area contributed by atoms with E-state index in [2.05, 4.69) is 4.72 Å². The Balaban J connectivity index is 2.30. The SMILES string of the molecule is CCS(=O)(=O)c1ccc(NS(=O)(=O)c2cccc(C(C)=O)c2)cc1. The molecule has 0 aliphatic carbocycles. The quantitative estimate of drug-likeness (QED) is 0.791. The molecule has 24 heavy (non-hydrogen) atoms. The number of nitrogens with one attached hydrogen (secondary N) is 1. The van der Waals surface area contributed by atoms with Gasteiger partial charge in [-0.05, 0) is 43.3 Å². The highest BCUT2D eigenvalue weighted by Crippen LogP contribution is 2.20. The number of anilines is 1. The molecule has 0 saturated carbocycles. The smallest absolute Gasteiger partial charge is 0.261 e. The molecular formula is C16H17NO5S2. The Hall–Kier alpha value is -2.19. The normalized spacial score (nSPS) is 11.9. The van der Waals surface area contributed by atoms with E-state index in [0.717, 1.165) is 0 Å². The fraction of sp³-hybridized carbons (Fsp3) is 0.188. The van der Waals surface area contributed by atoms with E-state index in [-0.39, 0.29) is 27.0 Å². The summed E-state index contributed by atoms with van der Waals surface area (Å²) in [7, 11) is -7.22. The van der Waals surface area contributed by atoms with Crippen molar-refractivity contribution < 1.29 is 21.6 Å². The van der Waals surface area contributed by atoms with E-state index in [1.165, 1.54) is 62.4 Å². The number of Topliss-reactive ketones (excluding diaryl/α,β-unsaturated/α-hetero) is 1. The fourth-order valence-electron chi connectivity index (χ4n) is 1.99. The van der Waals surface area contributed by atoms with Gasteiger partial charge in [0.25, 0.3) is 10.0 Å². The van der Waals surface area contributed by atoms with E-state index in [1.807, 2.05) is 0 Å². The molecule has 0 fully saturated rings. The Kier molecular flexibility index (Phi) is 5.10. The van der Waals surface area contributed by atoms with Gasteiger partial charge in [0.2, 0.25) is 0 Å². The molecule has 0 saturated heterocycles. The molecule has 0 heterocycles. The van der Waals surface area contributed by atoms with Crippen molar-refractivity contribution >= 4 is 31.3 Å². The molecular weight excluding hydrogens is 350 g/mol. The van der Waals surface area contributed by atoms with Gasteiger partial charge < -0.3 is 0 Å². The molecule has 2 rings (SSSR count). The van der Waals surface area contributed by atoms with Gasteiger partial charge in [-0.25, -0.2) is 16.8 Å². The Morgan fingerprint density at radius 2 is 1.58 bits per heavy atom. The maximum Gasteiger partial charge on any atom is 0.261 e. The second kappa shape index (κ2) is 6.74. The standard InChI is InChI=1S/C16H17NO5S2/c1-3-23(19,20)15-9-7-14(8-10-15)17-24(21,22)16-6-4-5-13(11-16)12(2)18/h4-11,17H,3H2,1-2H3. The molecule has 2 aromatic rings. The fourth-order valence-corrected chi connectivity index (χ4v) is 3.98. The van der Waals surface area contributed by atoms with Crippen LogP contribution in [0.1, 0.15) is 24.2 Å². The van der Waals surface area contributed by atoms with Crippen molar-refractivity contribution in [3.05, 3.63) is 54.1 Å². The number of carbonyl (C=O) groups is 1. The van der Waals surface area contributed by atoms with E-state index in [9.17, 15) is 21.6 Å². The van der Waals surface area contributed by atoms with Crippen LogP contribution < -0.4 is 4.72 Å². The lowest BCUT2D eigenvalue weighted by Crippen LogP contribution is -2.13. The minimum absolute atomic E-state index is 0.0318. The maximum atomic E-state index is 12.4. The average molecular weight is 367 g/mol. The highest BCUT2D eigenvalue weighted by atomic mass is 32.2. The van der Waals surface area contributed by atoms with Crippen molar-refractivity contribution in [3.8, 4) is 0 Å². The highest BCUT2D eigenvalue weighted by molar-refractivity contribution is 7.92. The van der Waals surface area contributed by atoms with Crippen molar-refractivity contribution in [1.82, 2.24) is 0 Å². The summed E-state index contributed by atoms with van der Waals surface area (Å²) in [5, 5.41) is 0. The number of sulfonamides is 1. The molecule has 0 bridgehead atoms. The molecule has 0 aliphatic rings. The van der Waals surface area contributed by atoms with Crippen molar-refractivity contribution in [3.63, 3.8) is 0 Å². The Labute approximate surface area is 141 Å². The summed E-state index contributed by atoms with van der Waals surface area (Å²) in [5.74, 6) is -0.267. The van der Waals surface area contributed by atoms with Crippen LogP contribution in [0.25, 0.3) is 0 Å². The van der Waals surface area contributed by atoms with Crippen LogP contribution in [-0.2, 0) is 19.9 Å². The van der Waals surface area contributed by atoms with E-state index >= 15 is 0 Å². The first-order valence-electron chi connectivity index (χ1n) is 7.12. The van der Waals surface area contributed by atoms with Crippen LogP contribution in [0, 0.1) is 0 Å². The minimum Gasteiger partial charge on any atom is -0.295 e. The maximum absolute atomic E-state index is 12.4. The van der Waals surface area contributed by atoms with Gasteiger partial charge in [0.1, 0.15) is 0 Å². The molecule has 0 spiro atoms. The third-order valence-electron chi connectivity index (χ3n) is 3.40. The third-order valence-corrected chi connectivity index (χ3v) is 6.53. The van der Waals surface area contributed by atoms with Crippen LogP contribution in [0.5, 0.6) is 0 Å². The predicted molar refractivity (Wildman–Crippen MR) is 91.4 cm³/mol. The topological polar surface area (TPSA) is 97.4 Å². The molecule has 6 nitrogen and oxygen atoms in total. The van der Waals surface area contributed by atoms with E-state index in [0.29, 0.717) is 5.56 Å². The summed E-state index contributed by atoms with van der Waals surface area (Å²) in [6, 6.07) is 11.2. The Morgan fingerprint density at radius 3 is 2.12 bits per heavy atom. The number of ketones is 1. The van der Waals surface area contributed by atoms with E-state index in [1.54, 1.807) is 0 Å². The third kappa shape index (κ3) is 4.01. The second-order valence-corrected chi connectivity index (χ2v) is 9.08. The van der Waals surface area contributed by atoms with Gasteiger partial charge >= 0.3 is 0 Å². The van der Waals surface area contributed by atoms with E-state index in [4.69, 9.17) is 0 Å². The van der Waals surface area contributed by atoms with Crippen LogP contribution >= 0.6 is 0 Å². The summed E-state index contributed by atoms with van der Waals surface area (Å²) in [5.41, 5.74) is 0.528. The molecule has 0 radical (unpaired) electrons. The largest absolute Gasteiger partial charge is 0.295 e. The number of hydrogen-bond acceptors (Lipinski definition) is 5. The van der Waals surface area contributed by atoms with Crippen LogP contribution in [0.3, 0.4) is 0 Å². The molecule has 0 unspecified atom stereocenters. The van der Waals surface area contributed by atoms with Gasteiger partial charge in [0.05, 0.1) is 15.5 Å². The summed E-state index contributed by atoms with van der Waals surface area (Å²) in [6.07, 6.45) is 0. The Morgan fingerprint density at radius 1 is 0.958 bits per heavy atom. The van der Waals surface area contributed by atoms with Crippen LogP contribution in [-0.4, -0.2) is 28.4 Å². The first-order valence-corrected chi connectivity index (χ1v) is 10.3. The summed E-state index contributed by atoms with van der Waals surface area (Å²) in [6.45, 7) is 2.89. The van der Waals surface area contributed by atoms with Crippen LogP contribution in [0.2, 0.25) is 0 Å². The first-order chi connectivity index (χ1) is 11.2. The summed E-state index contributed by atoms with van der Waals surface area (Å²) in [4.78, 5) is 11.5. The van der Waals surface area contributed by atoms with Crippen molar-refractivity contribution in [2.75, 3.05) is 10.5 Å². The molecule has 0 aliphatic heterocycles. The van der Waals surface area contributed by atoms with Gasteiger partial charge in [0.15, 0.2) is 15.6 Å². The zero-order chi connectivity index (χ0) is 18.0. The van der Waals surface area contributed by atoms with Crippen molar-refractivity contribution in [2.24, 2.45) is 0 Å². The van der Waals surface area contributed by atoms with Gasteiger partial charge in [-0.1, -0.05) is 19.1 Å². The molecule has 8 heteroatoms. The van der Waals surface area contributed by atoms with Gasteiger partial charge in [-0.3, -0.25) is 9.52 Å². The molecule has 0 amide bonds. The average Bonchev–Trinajstić information content (AvgIpc) is 2.55. The summed E-state index contributed by atoms with van der Waals surface area (Å²) < 4.78 is 50.6. The minimum atomic E-state index is -3.87. The molecule has 128 valence electrons. The highest BCUT2D eigenvalue weighted by Gasteiger charge is 2.16. The number of sulfone groups is 1. The van der Waals surface area contributed by atoms with Crippen molar-refractivity contribution in [1.29, 1.82) is 0 Å². The number of hydrogen-bond donors (Lipinski definition) is 1. The molecule has 1 N–H and O–H groups in total. The molecule has 2 aromatic carbocycles. The first kappa shape index (κ1) is 18.2. The molecule has 0 aromatic heterocycles. The van der Waals surface area contributed by atoms with E-state index < -0.39 is 19.9 Å². The predicted octanol–water partition coefficient (Wildman–Crippen LogP) is 2.48. The number of carbonyl (C=O) groups excluding carboxylic acids is 1. The second-order valence-electron chi connectivity index (χ2n) is 5.12. The Bertz CT molecular complexity index is 962. The molecule has 0 atom stereocenters. The van der Waals surface area contributed by atoms with Gasteiger partial charge in [-0.15, -0.1) is 0 Å². The number of rotatable bonds is 6. The van der Waals surface area contributed by atoms with Crippen LogP contribution in [0.15, 0.2) is 58.3 Å². The zero-order valence-corrected chi connectivity index (χ0v) is 14.8. The van der Waals surface area contributed by atoms with Gasteiger partial charge in [-0.2, -0.15) is 0 Å². The summed E-state index contributed by atoms with van der Waals surface area (Å²) >= 11 is 0.